The van der Waals surface area contributed by atoms with Crippen LogP contribution in [0.5, 0.6) is 0 Å². The number of nitrogens with two attached hydrogens (primary N) is 2. The molecule has 2 rings (SSSR count). The number of hydrogen-bond donors (Lipinski definition) is 3. The number of benzene rings is 1. The molecule has 8 heteroatoms. The Balaban J connectivity index is 0.000000298. The second-order valence-corrected chi connectivity index (χ2v) is 16.1. The first-order valence-corrected chi connectivity index (χ1v) is 17.1. The molecule has 0 spiro atoms. The van der Waals surface area contributed by atoms with Crippen molar-refractivity contribution >= 4 is 55.9 Å². The zero-order valence-corrected chi connectivity index (χ0v) is 21.7. The third kappa shape index (κ3) is 12.1. The topological polar surface area (TPSA) is 103 Å². The number of rotatable bonds is 11. The van der Waals surface area contributed by atoms with E-state index in [9.17, 15) is 0 Å². The van der Waals surface area contributed by atoms with Crippen LogP contribution in [0.4, 0.5) is 23.5 Å². The number of aromatic nitrogens is 3. The summed E-state index contributed by atoms with van der Waals surface area (Å²) < 4.78 is 5.04. The van der Waals surface area contributed by atoms with Crippen molar-refractivity contribution in [2.45, 2.75) is 77.5 Å². The summed E-state index contributed by atoms with van der Waals surface area (Å²) in [5.74, 6) is 0.465. The quantitative estimate of drug-likeness (QED) is 0.262. The summed E-state index contributed by atoms with van der Waals surface area (Å²) in [6.07, 6.45) is 8.85. The second kappa shape index (κ2) is 15.5. The number of nitrogens with zero attached hydrogens (tertiary/aromatic N) is 3. The Morgan fingerprint density at radius 3 is 1.66 bits per heavy atom. The molecule has 160 valence electrons. The number of hydrogen-bond acceptors (Lipinski definition) is 7. The summed E-state index contributed by atoms with van der Waals surface area (Å²) in [5, 5.41) is 2.94. The molecule has 1 aromatic heterocycles. The minimum atomic E-state index is -0.839. The zero-order valence-electron chi connectivity index (χ0n) is 18.1. The van der Waals surface area contributed by atoms with Gasteiger partial charge in [0.15, 0.2) is 0 Å². The van der Waals surface area contributed by atoms with Gasteiger partial charge in [-0.3, -0.25) is 0 Å². The van der Waals surface area contributed by atoms with Crippen LogP contribution in [0.15, 0.2) is 29.2 Å². The van der Waals surface area contributed by atoms with Gasteiger partial charge in [-0.1, -0.05) is 12.1 Å². The number of nitrogens with one attached hydrogen (secondary N) is 1. The number of anilines is 4. The first-order chi connectivity index (χ1) is 14.0. The maximum atomic E-state index is 5.44. The van der Waals surface area contributed by atoms with Gasteiger partial charge in [-0.25, -0.2) is 0 Å². The first-order valence-electron chi connectivity index (χ1n) is 10.6. The van der Waals surface area contributed by atoms with Gasteiger partial charge in [0, 0.05) is 5.69 Å². The van der Waals surface area contributed by atoms with E-state index in [-0.39, 0.29) is 11.9 Å². The standard InChI is InChI=1S/C9H10N6S.3C4H9.Sn/c10-7-13-8(11)15-9(14-7)12-5-1-3-6(16)4-2-5;3*1-3-4-2;/h1-4,16H,(H5,10,11,12,13,14,15);3*1,3-4H2,2H3;/q;;;;+1/p-1. The third-order valence-electron chi connectivity index (χ3n) is 4.43. The molecule has 0 aliphatic rings. The van der Waals surface area contributed by atoms with E-state index in [1.54, 1.807) is 25.4 Å². The minimum Gasteiger partial charge on any atom is -0.780 e. The van der Waals surface area contributed by atoms with Gasteiger partial charge in [0.1, 0.15) is 0 Å². The molecule has 6 nitrogen and oxygen atoms in total. The summed E-state index contributed by atoms with van der Waals surface area (Å²) in [4.78, 5) is 12.2. The van der Waals surface area contributed by atoms with Crippen molar-refractivity contribution in [1.29, 1.82) is 0 Å². The molecule has 0 saturated heterocycles. The van der Waals surface area contributed by atoms with Gasteiger partial charge in [-0.15, -0.1) is 0 Å². The van der Waals surface area contributed by atoms with Crippen LogP contribution in [0.3, 0.4) is 0 Å². The van der Waals surface area contributed by atoms with Crippen molar-refractivity contribution in [3.63, 3.8) is 0 Å². The van der Waals surface area contributed by atoms with Crippen LogP contribution in [0.25, 0.3) is 0 Å². The molecule has 0 atom stereocenters. The molecular weight excluding hydrogens is 487 g/mol. The molecule has 0 unspecified atom stereocenters. The summed E-state index contributed by atoms with van der Waals surface area (Å²) in [6.45, 7) is 7.00. The number of unbranched alkanes of at least 4 members (excludes halogenated alkanes) is 3. The van der Waals surface area contributed by atoms with E-state index in [1.165, 1.54) is 38.5 Å². The van der Waals surface area contributed by atoms with Crippen LogP contribution >= 0.6 is 0 Å². The molecule has 5 N–H and O–H groups in total. The Labute approximate surface area is 188 Å². The largest absolute Gasteiger partial charge is 0.780 e. The summed E-state index contributed by atoms with van der Waals surface area (Å²) >= 11 is 4.13. The van der Waals surface area contributed by atoms with Gasteiger partial charge >= 0.3 is 92.4 Å². The molecule has 29 heavy (non-hydrogen) atoms. The van der Waals surface area contributed by atoms with Crippen LogP contribution in [0.1, 0.15) is 59.3 Å². The molecule has 0 aliphatic carbocycles. The van der Waals surface area contributed by atoms with Gasteiger partial charge < -0.3 is 29.4 Å². The molecule has 2 aromatic rings. The van der Waals surface area contributed by atoms with Gasteiger partial charge in [0.05, 0.1) is 0 Å². The fraction of sp³-hybridized carbons (Fsp3) is 0.571. The molecular formula is C21H36N6SSn. The average molecular weight is 523 g/mol. The maximum absolute atomic E-state index is 5.44. The summed E-state index contributed by atoms with van der Waals surface area (Å²) in [6, 6.07) is 7.23. The predicted molar refractivity (Wildman–Crippen MR) is 129 cm³/mol. The van der Waals surface area contributed by atoms with Crippen LogP contribution in [-0.4, -0.2) is 34.7 Å². The summed E-state index contributed by atoms with van der Waals surface area (Å²) in [5.41, 5.74) is 11.7. The van der Waals surface area contributed by atoms with E-state index < -0.39 is 19.8 Å². The van der Waals surface area contributed by atoms with Crippen LogP contribution in [-0.2, 0) is 12.6 Å². The van der Waals surface area contributed by atoms with Crippen molar-refractivity contribution in [1.82, 2.24) is 15.0 Å². The molecule has 1 heterocycles. The smallest absolute Gasteiger partial charge is 0.233 e. The molecule has 0 fully saturated rings. The van der Waals surface area contributed by atoms with Gasteiger partial charge in [0.25, 0.3) is 0 Å². The third-order valence-corrected chi connectivity index (χ3v) is 13.8. The van der Waals surface area contributed by atoms with Crippen molar-refractivity contribution < 1.29 is 0 Å². The van der Waals surface area contributed by atoms with E-state index in [4.69, 9.17) is 24.1 Å². The number of nitrogen functional groups attached to an aromatic ring is 2. The first kappa shape index (κ1) is 25.7. The van der Waals surface area contributed by atoms with E-state index in [0.717, 1.165) is 10.6 Å². The van der Waals surface area contributed by atoms with Crippen LogP contribution in [0, 0.1) is 0 Å². The van der Waals surface area contributed by atoms with E-state index in [1.807, 2.05) is 12.1 Å². The van der Waals surface area contributed by atoms with Gasteiger partial charge in [-0.05, 0) is 12.1 Å². The molecule has 0 aliphatic heterocycles. The maximum Gasteiger partial charge on any atom is 0.233 e. The van der Waals surface area contributed by atoms with E-state index in [2.05, 4.69) is 41.0 Å². The molecule has 0 radical (unpaired) electrons. The molecule has 0 bridgehead atoms. The van der Waals surface area contributed by atoms with Gasteiger partial charge in [0.2, 0.25) is 17.8 Å². The monoisotopic (exact) mass is 524 g/mol. The predicted octanol–water partition coefficient (Wildman–Crippen LogP) is 5.57. The van der Waals surface area contributed by atoms with Crippen LogP contribution < -0.4 is 16.8 Å². The minimum absolute atomic E-state index is 0.0786. The van der Waals surface area contributed by atoms with Crippen LogP contribution in [0.2, 0.25) is 13.3 Å². The fourth-order valence-corrected chi connectivity index (χ4v) is 12.4. The second-order valence-electron chi connectivity index (χ2n) is 7.09. The Hall–Kier alpha value is -1.35. The van der Waals surface area contributed by atoms with Crippen molar-refractivity contribution in [2.75, 3.05) is 16.8 Å². The normalized spacial score (nSPS) is 10.2. The Bertz CT molecular complexity index is 644. The Morgan fingerprint density at radius 2 is 1.24 bits per heavy atom. The van der Waals surface area contributed by atoms with Crippen molar-refractivity contribution in [3.05, 3.63) is 24.3 Å². The van der Waals surface area contributed by atoms with Crippen molar-refractivity contribution in [3.8, 4) is 0 Å². The Kier molecular flexibility index (Phi) is 13.7. The van der Waals surface area contributed by atoms with E-state index >= 15 is 0 Å². The summed E-state index contributed by atoms with van der Waals surface area (Å²) in [7, 11) is 0. The fourth-order valence-electron chi connectivity index (χ4n) is 2.79. The zero-order chi connectivity index (χ0) is 21.5. The Morgan fingerprint density at radius 1 is 0.793 bits per heavy atom. The SMILES string of the molecule is CCC[CH2][Sn+]([CH2]CCC)[CH2]CCC.Nc1nc(N)nc(Nc2ccc([S-])cc2)n1. The van der Waals surface area contributed by atoms with Crippen molar-refractivity contribution in [2.24, 2.45) is 0 Å². The van der Waals surface area contributed by atoms with E-state index in [0.29, 0.717) is 5.95 Å². The average Bonchev–Trinajstić information content (AvgIpc) is 2.69. The molecule has 1 aromatic carbocycles. The molecule has 0 saturated carbocycles. The molecule has 0 amide bonds. The van der Waals surface area contributed by atoms with Gasteiger partial charge in [-0.2, -0.15) is 19.8 Å².